The van der Waals surface area contributed by atoms with Gasteiger partial charge >= 0.3 is 0 Å². The fraction of sp³-hybridized carbons (Fsp3) is 0.500. The van der Waals surface area contributed by atoms with Crippen molar-refractivity contribution in [3.8, 4) is 11.6 Å². The van der Waals surface area contributed by atoms with Crippen molar-refractivity contribution in [2.75, 3.05) is 7.11 Å². The van der Waals surface area contributed by atoms with Crippen LogP contribution in [0.15, 0.2) is 12.3 Å². The van der Waals surface area contributed by atoms with E-state index in [1.54, 1.807) is 13.3 Å². The maximum Gasteiger partial charge on any atom is 0.256 e. The molecule has 1 heterocycles. The minimum Gasteiger partial charge on any atom is -0.485 e. The number of nitrogens with two attached hydrogens (primary N) is 1. The standard InChI is InChI=1S/C10H14N2O2/c1-13-10-9(14-8-2-3-8)4-7(5-11)6-12-10/h4,6,8H,2-3,5,11H2,1H3. The molecule has 1 aliphatic rings. The number of pyridine rings is 1. The molecule has 4 heteroatoms. The van der Waals surface area contributed by atoms with Crippen molar-refractivity contribution < 1.29 is 9.47 Å². The number of nitrogens with zero attached hydrogens (tertiary/aromatic N) is 1. The third-order valence-corrected chi connectivity index (χ3v) is 2.12. The van der Waals surface area contributed by atoms with Crippen LogP contribution in [0.2, 0.25) is 0 Å². The van der Waals surface area contributed by atoms with Crippen LogP contribution in [-0.4, -0.2) is 18.2 Å². The second-order valence-electron chi connectivity index (χ2n) is 3.37. The maximum absolute atomic E-state index is 5.65. The highest BCUT2D eigenvalue weighted by Gasteiger charge is 2.25. The summed E-state index contributed by atoms with van der Waals surface area (Å²) >= 11 is 0. The van der Waals surface area contributed by atoms with Crippen molar-refractivity contribution in [2.45, 2.75) is 25.5 Å². The number of rotatable bonds is 4. The topological polar surface area (TPSA) is 57.4 Å². The van der Waals surface area contributed by atoms with Crippen LogP contribution in [0.3, 0.4) is 0 Å². The molecule has 1 aromatic rings. The molecule has 0 atom stereocenters. The number of hydrogen-bond donors (Lipinski definition) is 1. The summed E-state index contributed by atoms with van der Waals surface area (Å²) in [5.74, 6) is 1.24. The largest absolute Gasteiger partial charge is 0.485 e. The van der Waals surface area contributed by atoms with Gasteiger partial charge in [-0.3, -0.25) is 0 Å². The van der Waals surface area contributed by atoms with Crippen LogP contribution in [-0.2, 0) is 6.54 Å². The molecule has 1 fully saturated rings. The molecule has 4 nitrogen and oxygen atoms in total. The molecule has 2 rings (SSSR count). The summed E-state index contributed by atoms with van der Waals surface area (Å²) in [5.41, 5.74) is 6.48. The molecule has 76 valence electrons. The Hall–Kier alpha value is -1.29. The van der Waals surface area contributed by atoms with E-state index in [1.165, 1.54) is 0 Å². The van der Waals surface area contributed by atoms with Crippen molar-refractivity contribution in [3.63, 3.8) is 0 Å². The van der Waals surface area contributed by atoms with E-state index in [0.29, 0.717) is 24.3 Å². The van der Waals surface area contributed by atoms with Crippen molar-refractivity contribution in [2.24, 2.45) is 5.73 Å². The summed E-state index contributed by atoms with van der Waals surface area (Å²) in [4.78, 5) is 4.12. The van der Waals surface area contributed by atoms with Gasteiger partial charge in [0.1, 0.15) is 0 Å². The minimum atomic E-state index is 0.346. The van der Waals surface area contributed by atoms with Crippen LogP contribution in [0.1, 0.15) is 18.4 Å². The SMILES string of the molecule is COc1ncc(CN)cc1OC1CC1. The highest BCUT2D eigenvalue weighted by atomic mass is 16.5. The lowest BCUT2D eigenvalue weighted by atomic mass is 10.3. The Bertz CT molecular complexity index is 324. The van der Waals surface area contributed by atoms with Crippen LogP contribution in [0.5, 0.6) is 11.6 Å². The zero-order valence-electron chi connectivity index (χ0n) is 8.19. The van der Waals surface area contributed by atoms with Gasteiger partial charge in [-0.05, 0) is 24.5 Å². The fourth-order valence-electron chi connectivity index (χ4n) is 1.19. The molecular weight excluding hydrogens is 180 g/mol. The lowest BCUT2D eigenvalue weighted by Crippen LogP contribution is -2.03. The second-order valence-corrected chi connectivity index (χ2v) is 3.37. The molecular formula is C10H14N2O2. The molecule has 1 aliphatic carbocycles. The average Bonchev–Trinajstić information content (AvgIpc) is 3.01. The third kappa shape index (κ3) is 1.96. The zero-order valence-corrected chi connectivity index (χ0v) is 8.19. The van der Waals surface area contributed by atoms with E-state index in [2.05, 4.69) is 4.98 Å². The van der Waals surface area contributed by atoms with Gasteiger partial charge in [-0.15, -0.1) is 0 Å². The average molecular weight is 194 g/mol. The van der Waals surface area contributed by atoms with Gasteiger partial charge in [-0.2, -0.15) is 0 Å². The molecule has 0 saturated heterocycles. The molecule has 0 spiro atoms. The first-order chi connectivity index (χ1) is 6.83. The quantitative estimate of drug-likeness (QED) is 0.779. The maximum atomic E-state index is 5.65. The second kappa shape index (κ2) is 3.84. The third-order valence-electron chi connectivity index (χ3n) is 2.12. The van der Waals surface area contributed by atoms with Gasteiger partial charge < -0.3 is 15.2 Å². The molecule has 14 heavy (non-hydrogen) atoms. The van der Waals surface area contributed by atoms with Crippen molar-refractivity contribution in [1.82, 2.24) is 4.98 Å². The summed E-state index contributed by atoms with van der Waals surface area (Å²) < 4.78 is 10.7. The Morgan fingerprint density at radius 2 is 2.36 bits per heavy atom. The molecule has 0 aliphatic heterocycles. The minimum absolute atomic E-state index is 0.346. The Balaban J connectivity index is 2.21. The zero-order chi connectivity index (χ0) is 9.97. The molecule has 2 N–H and O–H groups in total. The van der Waals surface area contributed by atoms with Crippen LogP contribution in [0.25, 0.3) is 0 Å². The van der Waals surface area contributed by atoms with Gasteiger partial charge in [0.15, 0.2) is 5.75 Å². The van der Waals surface area contributed by atoms with Gasteiger partial charge in [-0.1, -0.05) is 0 Å². The Morgan fingerprint density at radius 1 is 1.57 bits per heavy atom. The summed E-state index contributed by atoms with van der Waals surface area (Å²) in [7, 11) is 1.59. The van der Waals surface area contributed by atoms with Gasteiger partial charge in [0.05, 0.1) is 13.2 Å². The lowest BCUT2D eigenvalue weighted by molar-refractivity contribution is 0.276. The van der Waals surface area contributed by atoms with E-state index in [1.807, 2.05) is 6.07 Å². The summed E-state index contributed by atoms with van der Waals surface area (Å²) in [6, 6.07) is 1.89. The predicted octanol–water partition coefficient (Wildman–Crippen LogP) is 1.09. The van der Waals surface area contributed by atoms with E-state index in [4.69, 9.17) is 15.2 Å². The normalized spacial score (nSPS) is 15.3. The van der Waals surface area contributed by atoms with Gasteiger partial charge in [0.2, 0.25) is 0 Å². The van der Waals surface area contributed by atoms with E-state index >= 15 is 0 Å². The van der Waals surface area contributed by atoms with Crippen LogP contribution in [0, 0.1) is 0 Å². The lowest BCUT2D eigenvalue weighted by Gasteiger charge is -2.09. The number of aromatic nitrogens is 1. The number of methoxy groups -OCH3 is 1. The van der Waals surface area contributed by atoms with Gasteiger partial charge in [-0.25, -0.2) is 4.98 Å². The predicted molar refractivity (Wildman–Crippen MR) is 52.3 cm³/mol. The van der Waals surface area contributed by atoms with Crippen LogP contribution >= 0.6 is 0 Å². The van der Waals surface area contributed by atoms with Gasteiger partial charge in [0.25, 0.3) is 5.88 Å². The summed E-state index contributed by atoms with van der Waals surface area (Å²) in [5, 5.41) is 0. The summed E-state index contributed by atoms with van der Waals surface area (Å²) in [6.07, 6.45) is 4.30. The molecule has 1 saturated carbocycles. The van der Waals surface area contributed by atoms with E-state index in [9.17, 15) is 0 Å². The Kier molecular flexibility index (Phi) is 2.54. The highest BCUT2D eigenvalue weighted by Crippen LogP contribution is 2.32. The van der Waals surface area contributed by atoms with Crippen LogP contribution < -0.4 is 15.2 Å². The number of ether oxygens (including phenoxy) is 2. The van der Waals surface area contributed by atoms with E-state index < -0.39 is 0 Å². The highest BCUT2D eigenvalue weighted by molar-refractivity contribution is 5.36. The van der Waals surface area contributed by atoms with Crippen molar-refractivity contribution in [1.29, 1.82) is 0 Å². The van der Waals surface area contributed by atoms with Crippen LogP contribution in [0.4, 0.5) is 0 Å². The first-order valence-corrected chi connectivity index (χ1v) is 4.73. The first kappa shape index (κ1) is 9.27. The number of hydrogen-bond acceptors (Lipinski definition) is 4. The van der Waals surface area contributed by atoms with Crippen molar-refractivity contribution >= 4 is 0 Å². The molecule has 0 amide bonds. The first-order valence-electron chi connectivity index (χ1n) is 4.73. The van der Waals surface area contributed by atoms with Crippen molar-refractivity contribution in [3.05, 3.63) is 17.8 Å². The molecule has 0 unspecified atom stereocenters. The smallest absolute Gasteiger partial charge is 0.256 e. The monoisotopic (exact) mass is 194 g/mol. The van der Waals surface area contributed by atoms with Gasteiger partial charge in [0, 0.05) is 12.7 Å². The molecule has 0 bridgehead atoms. The Morgan fingerprint density at radius 3 is 2.93 bits per heavy atom. The summed E-state index contributed by atoms with van der Waals surface area (Å²) in [6.45, 7) is 0.470. The fourth-order valence-corrected chi connectivity index (χ4v) is 1.19. The molecule has 0 radical (unpaired) electrons. The molecule has 1 aromatic heterocycles. The van der Waals surface area contributed by atoms with E-state index in [0.717, 1.165) is 18.4 Å². The molecule has 0 aromatic carbocycles. The Labute approximate surface area is 83.0 Å². The van der Waals surface area contributed by atoms with E-state index in [-0.39, 0.29) is 0 Å².